The minimum absolute atomic E-state index is 0.156. The molecule has 4 heteroatoms. The van der Waals surface area contributed by atoms with Gasteiger partial charge in [-0.1, -0.05) is 37.8 Å². The van der Waals surface area contributed by atoms with E-state index in [1.54, 1.807) is 0 Å². The smallest absolute Gasteiger partial charge is 0.410 e. The summed E-state index contributed by atoms with van der Waals surface area (Å²) in [6.07, 6.45) is 9.14. The summed E-state index contributed by atoms with van der Waals surface area (Å²) in [5.74, 6) is 0.724. The highest BCUT2D eigenvalue weighted by atomic mass is 28.3. The Morgan fingerprint density at radius 2 is 1.77 bits per heavy atom. The zero-order valence-electron chi connectivity index (χ0n) is 15.4. The normalized spacial score (nSPS) is 18.0. The van der Waals surface area contributed by atoms with Gasteiger partial charge in [-0.25, -0.2) is 4.79 Å². The van der Waals surface area contributed by atoms with Crippen molar-refractivity contribution in [3.05, 3.63) is 12.2 Å². The van der Waals surface area contributed by atoms with E-state index >= 15 is 0 Å². The second kappa shape index (κ2) is 8.18. The summed E-state index contributed by atoms with van der Waals surface area (Å²) in [6, 6.07) is 1.38. The van der Waals surface area contributed by atoms with Gasteiger partial charge in [-0.15, -0.1) is 0 Å². The SMILES string of the molecule is CC(C)(C)OC(=O)N1CCC(C/C=C/CC[Si](C)(C)C)CC1. The minimum Gasteiger partial charge on any atom is -0.444 e. The molecular weight excluding hydrogens is 290 g/mol. The lowest BCUT2D eigenvalue weighted by atomic mass is 9.93. The van der Waals surface area contributed by atoms with Crippen LogP contribution < -0.4 is 0 Å². The lowest BCUT2D eigenvalue weighted by Gasteiger charge is -2.33. The van der Waals surface area contributed by atoms with Crippen molar-refractivity contribution in [3.8, 4) is 0 Å². The van der Waals surface area contributed by atoms with E-state index < -0.39 is 13.7 Å². The molecule has 22 heavy (non-hydrogen) atoms. The van der Waals surface area contributed by atoms with Crippen molar-refractivity contribution in [1.82, 2.24) is 4.90 Å². The van der Waals surface area contributed by atoms with E-state index in [1.807, 2.05) is 25.7 Å². The molecule has 1 aliphatic rings. The van der Waals surface area contributed by atoms with Crippen LogP contribution in [0.4, 0.5) is 4.79 Å². The summed E-state index contributed by atoms with van der Waals surface area (Å²) in [5.41, 5.74) is -0.396. The zero-order chi connectivity index (χ0) is 16.8. The zero-order valence-corrected chi connectivity index (χ0v) is 16.4. The van der Waals surface area contributed by atoms with Crippen LogP contribution in [0.5, 0.6) is 0 Å². The maximum Gasteiger partial charge on any atom is 0.410 e. The predicted octanol–water partition coefficient (Wildman–Crippen LogP) is 5.31. The van der Waals surface area contributed by atoms with Crippen molar-refractivity contribution in [1.29, 1.82) is 0 Å². The molecule has 1 saturated heterocycles. The third-order valence-corrected chi connectivity index (χ3v) is 5.75. The molecular formula is C18H35NO2Si. The molecule has 1 aliphatic heterocycles. The van der Waals surface area contributed by atoms with Gasteiger partial charge >= 0.3 is 6.09 Å². The fraction of sp³-hybridized carbons (Fsp3) is 0.833. The van der Waals surface area contributed by atoms with Gasteiger partial charge in [0.2, 0.25) is 0 Å². The molecule has 0 aliphatic carbocycles. The highest BCUT2D eigenvalue weighted by Gasteiger charge is 2.26. The van der Waals surface area contributed by atoms with E-state index in [0.29, 0.717) is 0 Å². The first-order chi connectivity index (χ1) is 10.1. The van der Waals surface area contributed by atoms with Gasteiger partial charge < -0.3 is 9.64 Å². The molecule has 0 atom stereocenters. The van der Waals surface area contributed by atoms with Crippen molar-refractivity contribution in [2.24, 2.45) is 5.92 Å². The van der Waals surface area contributed by atoms with E-state index in [9.17, 15) is 4.79 Å². The van der Waals surface area contributed by atoms with Crippen molar-refractivity contribution >= 4 is 14.2 Å². The molecule has 0 radical (unpaired) electrons. The number of amides is 1. The lowest BCUT2D eigenvalue weighted by Crippen LogP contribution is -2.41. The van der Waals surface area contributed by atoms with Crippen molar-refractivity contribution in [2.45, 2.75) is 77.7 Å². The summed E-state index contributed by atoms with van der Waals surface area (Å²) in [5, 5.41) is 0. The molecule has 0 bridgehead atoms. The average Bonchev–Trinajstić information content (AvgIpc) is 2.35. The van der Waals surface area contributed by atoms with Crippen LogP contribution in [0.3, 0.4) is 0 Å². The van der Waals surface area contributed by atoms with Gasteiger partial charge in [0.05, 0.1) is 0 Å². The Kier molecular flexibility index (Phi) is 7.17. The topological polar surface area (TPSA) is 29.5 Å². The molecule has 0 aromatic heterocycles. The van der Waals surface area contributed by atoms with Gasteiger partial charge in [0.15, 0.2) is 0 Å². The molecule has 0 saturated carbocycles. The van der Waals surface area contributed by atoms with Crippen LogP contribution >= 0.6 is 0 Å². The Morgan fingerprint density at radius 3 is 2.27 bits per heavy atom. The van der Waals surface area contributed by atoms with E-state index in [-0.39, 0.29) is 6.09 Å². The Hall–Kier alpha value is -0.773. The van der Waals surface area contributed by atoms with Gasteiger partial charge in [-0.05, 0) is 52.4 Å². The number of nitrogens with zero attached hydrogens (tertiary/aromatic N) is 1. The fourth-order valence-corrected chi connectivity index (χ4v) is 3.63. The van der Waals surface area contributed by atoms with Crippen LogP contribution in [0.15, 0.2) is 12.2 Å². The third kappa shape index (κ3) is 8.62. The van der Waals surface area contributed by atoms with E-state index in [4.69, 9.17) is 4.74 Å². The average molecular weight is 326 g/mol. The number of rotatable bonds is 5. The van der Waals surface area contributed by atoms with Crippen LogP contribution in [0.1, 0.15) is 46.5 Å². The molecule has 1 rings (SSSR count). The highest BCUT2D eigenvalue weighted by molar-refractivity contribution is 6.76. The van der Waals surface area contributed by atoms with Crippen molar-refractivity contribution in [2.75, 3.05) is 13.1 Å². The molecule has 0 aromatic carbocycles. The quantitative estimate of drug-likeness (QED) is 0.506. The number of allylic oxidation sites excluding steroid dienone is 2. The Balaban J connectivity index is 2.23. The first kappa shape index (κ1) is 19.3. The van der Waals surface area contributed by atoms with Crippen LogP contribution in [-0.4, -0.2) is 37.8 Å². The third-order valence-electron chi connectivity index (χ3n) is 3.96. The first-order valence-electron chi connectivity index (χ1n) is 8.70. The van der Waals surface area contributed by atoms with E-state index in [1.165, 1.54) is 12.5 Å². The number of ether oxygens (including phenoxy) is 1. The maximum absolute atomic E-state index is 12.0. The van der Waals surface area contributed by atoms with Crippen LogP contribution in [0.2, 0.25) is 25.7 Å². The minimum atomic E-state index is -0.898. The van der Waals surface area contributed by atoms with E-state index in [2.05, 4.69) is 31.8 Å². The predicted molar refractivity (Wildman–Crippen MR) is 97.1 cm³/mol. The second-order valence-corrected chi connectivity index (χ2v) is 14.3. The fourth-order valence-electron chi connectivity index (χ4n) is 2.60. The molecule has 0 unspecified atom stereocenters. The van der Waals surface area contributed by atoms with Crippen LogP contribution in [-0.2, 0) is 4.74 Å². The van der Waals surface area contributed by atoms with Gasteiger partial charge in [-0.3, -0.25) is 0 Å². The summed E-state index contributed by atoms with van der Waals surface area (Å²) in [4.78, 5) is 13.9. The molecule has 3 nitrogen and oxygen atoms in total. The summed E-state index contributed by atoms with van der Waals surface area (Å²) < 4.78 is 5.43. The molecule has 1 fully saturated rings. The Morgan fingerprint density at radius 1 is 1.18 bits per heavy atom. The van der Waals surface area contributed by atoms with Crippen molar-refractivity contribution < 1.29 is 9.53 Å². The number of carbonyl (C=O) groups is 1. The summed E-state index contributed by atoms with van der Waals surface area (Å²) in [6.45, 7) is 14.7. The monoisotopic (exact) mass is 325 g/mol. The molecule has 1 heterocycles. The molecule has 0 N–H and O–H groups in total. The van der Waals surface area contributed by atoms with E-state index in [0.717, 1.165) is 38.3 Å². The lowest BCUT2D eigenvalue weighted by molar-refractivity contribution is 0.0185. The number of piperidine rings is 1. The standard InChI is InChI=1S/C18H35NO2Si/c1-18(2,3)21-17(20)19-13-11-16(12-14-19)10-8-7-9-15-22(4,5)6/h7-8,16H,9-15H2,1-6H3/b8-7+. The summed E-state index contributed by atoms with van der Waals surface area (Å²) >= 11 is 0. The number of carbonyl (C=O) groups excluding carboxylic acids is 1. The second-order valence-electron chi connectivity index (χ2n) is 8.72. The molecule has 128 valence electrons. The number of hydrogen-bond acceptors (Lipinski definition) is 2. The number of hydrogen-bond donors (Lipinski definition) is 0. The van der Waals surface area contributed by atoms with Crippen molar-refractivity contribution in [3.63, 3.8) is 0 Å². The number of likely N-dealkylation sites (tertiary alicyclic amines) is 1. The van der Waals surface area contributed by atoms with Gasteiger partial charge in [0, 0.05) is 21.2 Å². The van der Waals surface area contributed by atoms with Gasteiger partial charge in [-0.2, -0.15) is 0 Å². The molecule has 0 aromatic rings. The summed E-state index contributed by atoms with van der Waals surface area (Å²) in [7, 11) is -0.898. The highest BCUT2D eigenvalue weighted by Crippen LogP contribution is 2.23. The van der Waals surface area contributed by atoms with Gasteiger partial charge in [0.1, 0.15) is 5.60 Å². The molecule has 0 spiro atoms. The van der Waals surface area contributed by atoms with Gasteiger partial charge in [0.25, 0.3) is 0 Å². The largest absolute Gasteiger partial charge is 0.444 e. The maximum atomic E-state index is 12.0. The van der Waals surface area contributed by atoms with Crippen LogP contribution in [0.25, 0.3) is 0 Å². The Bertz CT molecular complexity index is 372. The van der Waals surface area contributed by atoms with Crippen LogP contribution in [0, 0.1) is 5.92 Å². The Labute approximate surface area is 138 Å². The first-order valence-corrected chi connectivity index (χ1v) is 12.4. The molecule has 1 amide bonds.